The molecule has 0 aliphatic carbocycles. The van der Waals surface area contributed by atoms with E-state index in [1.54, 1.807) is 11.8 Å². The van der Waals surface area contributed by atoms with Gasteiger partial charge in [0.1, 0.15) is 0 Å². The number of hydrogen-bond acceptors (Lipinski definition) is 3. The fourth-order valence-corrected chi connectivity index (χ4v) is 6.97. The van der Waals surface area contributed by atoms with Gasteiger partial charge in [-0.15, -0.1) is 34.1 Å². The molecule has 1 aliphatic heterocycles. The van der Waals surface area contributed by atoms with Crippen molar-refractivity contribution in [2.24, 2.45) is 13.5 Å². The molecule has 0 atom stereocenters. The molecule has 0 fully saturated rings. The van der Waals surface area contributed by atoms with Crippen molar-refractivity contribution in [3.05, 3.63) is 0 Å². The number of halogens is 4. The molecule has 0 aromatic rings. The van der Waals surface area contributed by atoms with Crippen molar-refractivity contribution in [1.82, 2.24) is 0 Å². The van der Waals surface area contributed by atoms with E-state index in [0.29, 0.717) is 0 Å². The summed E-state index contributed by atoms with van der Waals surface area (Å²) in [4.78, 5) is 0. The van der Waals surface area contributed by atoms with Gasteiger partial charge in [0, 0.05) is 0 Å². The topological polar surface area (TPSA) is 37.1 Å². The van der Waals surface area contributed by atoms with Gasteiger partial charge in [-0.05, 0) is 35.0 Å². The summed E-state index contributed by atoms with van der Waals surface area (Å²) in [7, 11) is -14.9. The van der Waals surface area contributed by atoms with E-state index in [1.165, 1.54) is 0 Å². The normalized spacial score (nSPS) is 20.8. The zero-order valence-electron chi connectivity index (χ0n) is 8.35. The van der Waals surface area contributed by atoms with Gasteiger partial charge in [0.2, 0.25) is 7.21 Å². The second-order valence-electron chi connectivity index (χ2n) is 2.54. The van der Waals surface area contributed by atoms with Gasteiger partial charge in [-0.1, -0.05) is 0 Å². The zero-order chi connectivity index (χ0) is 13.9. The van der Waals surface area contributed by atoms with Crippen LogP contribution in [0.4, 0.5) is 16.8 Å². The van der Waals surface area contributed by atoms with Gasteiger partial charge < -0.3 is 0 Å². The van der Waals surface area contributed by atoms with E-state index in [1.807, 2.05) is 23.2 Å². The Balaban J connectivity index is 3.75. The average molecular weight is 309 g/mol. The molecule has 0 unspecified atom stereocenters. The first-order valence-electron chi connectivity index (χ1n) is 3.90. The van der Waals surface area contributed by atoms with Crippen molar-refractivity contribution in [2.45, 2.75) is 0 Å². The summed E-state index contributed by atoms with van der Waals surface area (Å²) < 4.78 is 60.2. The summed E-state index contributed by atoms with van der Waals surface area (Å²) in [6.07, 6.45) is 9.62. The highest BCUT2D eigenvalue weighted by Crippen LogP contribution is 2.80. The minimum Gasteiger partial charge on any atom is -0.161 e. The SMILES string of the molecule is C#CC#CP1(C#CC#C)=NP(F)(F)=NP(F)(F)=N1. The van der Waals surface area contributed by atoms with Crippen molar-refractivity contribution >= 4 is 22.9 Å². The van der Waals surface area contributed by atoms with E-state index in [-0.39, 0.29) is 0 Å². The summed E-state index contributed by atoms with van der Waals surface area (Å²) in [5, 5.41) is 0. The predicted molar refractivity (Wildman–Crippen MR) is 65.7 cm³/mol. The van der Waals surface area contributed by atoms with Crippen molar-refractivity contribution in [2.75, 3.05) is 0 Å². The van der Waals surface area contributed by atoms with Gasteiger partial charge in [0.05, 0.1) is 0 Å². The molecule has 1 rings (SSSR count). The molecule has 92 valence electrons. The molecule has 0 spiro atoms. The van der Waals surface area contributed by atoms with Crippen LogP contribution in [0.2, 0.25) is 0 Å². The molecule has 1 heterocycles. The Morgan fingerprint density at radius 1 is 0.722 bits per heavy atom. The summed E-state index contributed by atoms with van der Waals surface area (Å²) in [6.45, 7) is 0. The van der Waals surface area contributed by atoms with Crippen molar-refractivity contribution in [3.8, 4) is 47.9 Å². The summed E-state index contributed by atoms with van der Waals surface area (Å²) >= 11 is 0. The largest absolute Gasteiger partial charge is 0.422 e. The van der Waals surface area contributed by atoms with Crippen molar-refractivity contribution < 1.29 is 16.8 Å². The number of hydrogen-bond donors (Lipinski definition) is 0. The van der Waals surface area contributed by atoms with Gasteiger partial charge in [-0.3, -0.25) is 0 Å². The van der Waals surface area contributed by atoms with Crippen LogP contribution in [0.25, 0.3) is 0 Å². The van der Waals surface area contributed by atoms with Crippen LogP contribution in [0, 0.1) is 47.9 Å². The fraction of sp³-hybridized carbons (Fsp3) is 0. The lowest BCUT2D eigenvalue weighted by Gasteiger charge is -2.14. The lowest BCUT2D eigenvalue weighted by Crippen LogP contribution is -1.75. The van der Waals surface area contributed by atoms with Gasteiger partial charge in [0.15, 0.2) is 0 Å². The van der Waals surface area contributed by atoms with E-state index in [4.69, 9.17) is 12.8 Å². The second kappa shape index (κ2) is 5.11. The molecule has 0 saturated carbocycles. The van der Waals surface area contributed by atoms with Crippen LogP contribution in [0.3, 0.4) is 0 Å². The van der Waals surface area contributed by atoms with Gasteiger partial charge >= 0.3 is 15.7 Å². The molecule has 3 nitrogen and oxygen atoms in total. The van der Waals surface area contributed by atoms with Crippen LogP contribution in [0.5, 0.6) is 0 Å². The van der Waals surface area contributed by atoms with Gasteiger partial charge in [-0.2, -0.15) is 9.03 Å². The highest BCUT2D eigenvalue weighted by molar-refractivity contribution is 7.86. The van der Waals surface area contributed by atoms with E-state index in [9.17, 15) is 16.8 Å². The first kappa shape index (κ1) is 14.7. The number of terminal acetylenes is 2. The van der Waals surface area contributed by atoms with Crippen LogP contribution in [-0.4, -0.2) is 0 Å². The highest BCUT2D eigenvalue weighted by Gasteiger charge is 2.37. The van der Waals surface area contributed by atoms with Crippen LogP contribution in [0.1, 0.15) is 0 Å². The molecule has 10 heteroatoms. The molecule has 0 amide bonds. The maximum absolute atomic E-state index is 13.1. The first-order chi connectivity index (χ1) is 8.24. The standard InChI is InChI=1S/C8H2F4N3P3/c1-3-5-7-16(8-6-4-2)13-17(9,10)15-18(11,12)14-16/h1-2H. The Labute approximate surface area is 102 Å². The molecule has 0 aromatic carbocycles. The fourth-order valence-electron chi connectivity index (χ4n) is 0.832. The summed E-state index contributed by atoms with van der Waals surface area (Å²) in [5.74, 6) is 7.48. The van der Waals surface area contributed by atoms with E-state index in [2.05, 4.69) is 13.5 Å². The maximum Gasteiger partial charge on any atom is 0.422 e. The summed E-state index contributed by atoms with van der Waals surface area (Å²) in [5.41, 5.74) is 3.98. The Kier molecular flexibility index (Phi) is 4.17. The Morgan fingerprint density at radius 3 is 1.56 bits per heavy atom. The third-order valence-electron chi connectivity index (χ3n) is 1.26. The maximum atomic E-state index is 13.1. The predicted octanol–water partition coefficient (Wildman–Crippen LogP) is 5.07. The molecular formula is C8H2F4N3P3. The third-order valence-corrected chi connectivity index (χ3v) is 7.62. The van der Waals surface area contributed by atoms with Crippen molar-refractivity contribution in [1.29, 1.82) is 0 Å². The Hall–Kier alpha value is -1.35. The third kappa shape index (κ3) is 3.84. The Bertz CT molecular complexity index is 704. The molecule has 0 radical (unpaired) electrons. The lowest BCUT2D eigenvalue weighted by molar-refractivity contribution is 0.701. The van der Waals surface area contributed by atoms with Crippen LogP contribution in [0.15, 0.2) is 13.5 Å². The Morgan fingerprint density at radius 2 is 1.17 bits per heavy atom. The van der Waals surface area contributed by atoms with E-state index < -0.39 is 22.9 Å². The molecule has 0 bridgehead atoms. The smallest absolute Gasteiger partial charge is 0.161 e. The molecular weight excluding hydrogens is 307 g/mol. The van der Waals surface area contributed by atoms with E-state index in [0.717, 1.165) is 0 Å². The average Bonchev–Trinajstić information content (AvgIpc) is 2.19. The van der Waals surface area contributed by atoms with E-state index >= 15 is 0 Å². The van der Waals surface area contributed by atoms with Gasteiger partial charge in [-0.25, -0.2) is 0 Å². The lowest BCUT2D eigenvalue weighted by atomic mass is 10.7. The second-order valence-corrected chi connectivity index (χ2v) is 8.16. The van der Waals surface area contributed by atoms with Crippen molar-refractivity contribution in [3.63, 3.8) is 0 Å². The number of nitrogens with zero attached hydrogens (tertiary/aromatic N) is 3. The molecule has 0 saturated heterocycles. The monoisotopic (exact) mass is 309 g/mol. The van der Waals surface area contributed by atoms with Gasteiger partial charge in [0.25, 0.3) is 0 Å². The van der Waals surface area contributed by atoms with Crippen LogP contribution >= 0.6 is 22.9 Å². The number of rotatable bonds is 0. The summed E-state index contributed by atoms with van der Waals surface area (Å²) in [6, 6.07) is 0. The first-order valence-corrected chi connectivity index (χ1v) is 8.55. The zero-order valence-corrected chi connectivity index (χ0v) is 11.0. The quantitative estimate of drug-likeness (QED) is 0.340. The minimum atomic E-state index is -5.50. The van der Waals surface area contributed by atoms with Crippen LogP contribution in [-0.2, 0) is 0 Å². The minimum absolute atomic E-state index is 1.80. The molecule has 18 heavy (non-hydrogen) atoms. The molecule has 0 N–H and O–H groups in total. The highest BCUT2D eigenvalue weighted by atomic mass is 31.3. The molecule has 0 aromatic heterocycles. The molecule has 1 aliphatic rings. The van der Waals surface area contributed by atoms with Crippen LogP contribution < -0.4 is 0 Å².